The van der Waals surface area contributed by atoms with Crippen LogP contribution in [0.2, 0.25) is 5.02 Å². The zero-order valence-electron chi connectivity index (χ0n) is 20.7. The summed E-state index contributed by atoms with van der Waals surface area (Å²) in [7, 11) is -3.67. The molecule has 0 saturated carbocycles. The van der Waals surface area contributed by atoms with Crippen molar-refractivity contribution in [2.45, 2.75) is 37.6 Å². The number of rotatable bonds is 13. The highest BCUT2D eigenvalue weighted by Crippen LogP contribution is 2.25. The molecule has 1 N–H and O–H groups in total. The van der Waals surface area contributed by atoms with Crippen molar-refractivity contribution < 1.29 is 17.9 Å². The molecule has 1 aromatic heterocycles. The average Bonchev–Trinajstić information content (AvgIpc) is 2.90. The van der Waals surface area contributed by atoms with Crippen LogP contribution < -0.4 is 9.46 Å². The second-order valence-corrected chi connectivity index (χ2v) is 10.5. The van der Waals surface area contributed by atoms with E-state index in [0.717, 1.165) is 17.5 Å². The van der Waals surface area contributed by atoms with Gasteiger partial charge in [-0.1, -0.05) is 42.6 Å². The molecule has 7 nitrogen and oxygen atoms in total. The average molecular weight is 540 g/mol. The van der Waals surface area contributed by atoms with E-state index >= 15 is 0 Å². The number of carbonyl (C=O) groups is 1. The number of halogens is 1. The van der Waals surface area contributed by atoms with Gasteiger partial charge in [-0.05, 0) is 60.9 Å². The van der Waals surface area contributed by atoms with Crippen LogP contribution >= 0.6 is 11.6 Å². The first-order valence-electron chi connectivity index (χ1n) is 11.9. The Labute approximate surface area is 223 Å². The molecule has 0 atom stereocenters. The zero-order valence-corrected chi connectivity index (χ0v) is 22.3. The SMILES string of the molecule is C#CCNS(=O)(=O)c1ccc(CCN(Cc2cc(Cl)ccc2OCCC)C(=O)Cc2ccccn2)cc1. The molecule has 0 bridgehead atoms. The summed E-state index contributed by atoms with van der Waals surface area (Å²) in [4.78, 5) is 19.5. The van der Waals surface area contributed by atoms with Crippen LogP contribution in [0.1, 0.15) is 30.2 Å². The number of hydrogen-bond donors (Lipinski definition) is 1. The number of hydrogen-bond acceptors (Lipinski definition) is 5. The lowest BCUT2D eigenvalue weighted by Gasteiger charge is -2.24. The van der Waals surface area contributed by atoms with E-state index in [1.165, 1.54) is 12.1 Å². The van der Waals surface area contributed by atoms with Gasteiger partial charge >= 0.3 is 0 Å². The number of nitrogens with one attached hydrogen (secondary N) is 1. The fraction of sp³-hybridized carbons (Fsp3) is 0.286. The highest BCUT2D eigenvalue weighted by Gasteiger charge is 2.19. The number of benzene rings is 2. The first-order valence-corrected chi connectivity index (χ1v) is 13.8. The second-order valence-electron chi connectivity index (χ2n) is 8.34. The van der Waals surface area contributed by atoms with E-state index in [1.807, 2.05) is 31.2 Å². The Morgan fingerprint density at radius 3 is 2.62 bits per heavy atom. The van der Waals surface area contributed by atoms with Crippen LogP contribution in [0.3, 0.4) is 0 Å². The fourth-order valence-corrected chi connectivity index (χ4v) is 4.74. The molecule has 0 unspecified atom stereocenters. The van der Waals surface area contributed by atoms with Crippen LogP contribution in [0.15, 0.2) is 71.8 Å². The van der Waals surface area contributed by atoms with Gasteiger partial charge < -0.3 is 9.64 Å². The summed E-state index contributed by atoms with van der Waals surface area (Å²) in [5, 5.41) is 0.561. The molecule has 194 valence electrons. The summed E-state index contributed by atoms with van der Waals surface area (Å²) in [5.41, 5.74) is 2.39. The molecule has 9 heteroatoms. The quantitative estimate of drug-likeness (QED) is 0.328. The molecule has 1 amide bonds. The predicted octanol–water partition coefficient (Wildman–Crippen LogP) is 4.25. The van der Waals surface area contributed by atoms with Gasteiger partial charge in [0, 0.05) is 35.6 Å². The molecule has 2 aromatic carbocycles. The van der Waals surface area contributed by atoms with Crippen LogP contribution in [-0.4, -0.2) is 43.9 Å². The van der Waals surface area contributed by atoms with Crippen molar-refractivity contribution in [1.82, 2.24) is 14.6 Å². The van der Waals surface area contributed by atoms with Gasteiger partial charge in [-0.15, -0.1) is 6.42 Å². The molecule has 0 aliphatic rings. The largest absolute Gasteiger partial charge is 0.493 e. The molecule has 37 heavy (non-hydrogen) atoms. The molecule has 3 aromatic rings. The van der Waals surface area contributed by atoms with Crippen molar-refractivity contribution in [3.63, 3.8) is 0 Å². The van der Waals surface area contributed by atoms with Gasteiger partial charge in [0.1, 0.15) is 5.75 Å². The molecule has 3 rings (SSSR count). The van der Waals surface area contributed by atoms with E-state index in [2.05, 4.69) is 15.6 Å². The summed E-state index contributed by atoms with van der Waals surface area (Å²) in [5.74, 6) is 2.86. The third kappa shape index (κ3) is 8.60. The Hall–Kier alpha value is -3.38. The van der Waals surface area contributed by atoms with Crippen molar-refractivity contribution in [2.75, 3.05) is 19.7 Å². The van der Waals surface area contributed by atoms with E-state index in [-0.39, 0.29) is 23.8 Å². The van der Waals surface area contributed by atoms with Crippen molar-refractivity contribution in [1.29, 1.82) is 0 Å². The first kappa shape index (κ1) is 28.2. The highest BCUT2D eigenvalue weighted by molar-refractivity contribution is 7.89. The van der Waals surface area contributed by atoms with Crippen LogP contribution in [0.5, 0.6) is 5.75 Å². The Morgan fingerprint density at radius 2 is 1.95 bits per heavy atom. The standard InChI is InChI=1S/C28H30ClN3O4S/c1-3-15-31-37(34,35)26-11-8-22(9-12-26)14-17-32(28(33)20-25-7-5-6-16-30-25)21-23-19-24(29)10-13-27(23)36-18-4-2/h1,5-13,16,19,31H,4,14-15,17-18,20-21H2,2H3. The lowest BCUT2D eigenvalue weighted by atomic mass is 10.1. The number of aromatic nitrogens is 1. The van der Waals surface area contributed by atoms with Crippen LogP contribution in [0.4, 0.5) is 0 Å². The van der Waals surface area contributed by atoms with Gasteiger partial charge in [0.25, 0.3) is 0 Å². The summed E-state index contributed by atoms with van der Waals surface area (Å²) >= 11 is 6.27. The van der Waals surface area contributed by atoms with Gasteiger partial charge in [0.05, 0.1) is 24.5 Å². The van der Waals surface area contributed by atoms with E-state index in [0.29, 0.717) is 42.6 Å². The van der Waals surface area contributed by atoms with Gasteiger partial charge in [0.15, 0.2) is 0 Å². The van der Waals surface area contributed by atoms with Crippen molar-refractivity contribution in [3.05, 3.63) is 88.7 Å². The van der Waals surface area contributed by atoms with Gasteiger partial charge in [-0.3, -0.25) is 9.78 Å². The summed E-state index contributed by atoms with van der Waals surface area (Å²) < 4.78 is 32.8. The number of pyridine rings is 1. The van der Waals surface area contributed by atoms with Gasteiger partial charge in [-0.2, -0.15) is 4.72 Å². The zero-order chi connectivity index (χ0) is 26.7. The van der Waals surface area contributed by atoms with Gasteiger partial charge in [-0.25, -0.2) is 8.42 Å². The van der Waals surface area contributed by atoms with E-state index in [1.54, 1.807) is 35.4 Å². The van der Waals surface area contributed by atoms with E-state index < -0.39 is 10.0 Å². The number of amides is 1. The third-order valence-corrected chi connectivity index (χ3v) is 7.18. The minimum absolute atomic E-state index is 0.0785. The molecule has 1 heterocycles. The fourth-order valence-electron chi connectivity index (χ4n) is 3.61. The molecule has 0 radical (unpaired) electrons. The maximum absolute atomic E-state index is 13.3. The van der Waals surface area contributed by atoms with E-state index in [4.69, 9.17) is 22.8 Å². The maximum atomic E-state index is 13.3. The van der Waals surface area contributed by atoms with Crippen LogP contribution in [-0.2, 0) is 34.2 Å². The first-order chi connectivity index (χ1) is 17.8. The molecular formula is C28H30ClN3O4S. The number of nitrogens with zero attached hydrogens (tertiary/aromatic N) is 2. The van der Waals surface area contributed by atoms with Crippen molar-refractivity contribution in [3.8, 4) is 18.1 Å². The summed E-state index contributed by atoms with van der Waals surface area (Å²) in [6.07, 6.45) is 8.35. The van der Waals surface area contributed by atoms with E-state index in [9.17, 15) is 13.2 Å². The topological polar surface area (TPSA) is 88.6 Å². The minimum atomic E-state index is -3.67. The number of terminal acetylenes is 1. The Bertz CT molecular complexity index is 1320. The summed E-state index contributed by atoms with van der Waals surface area (Å²) in [6, 6.07) is 17.4. The number of sulfonamides is 1. The Morgan fingerprint density at radius 1 is 1.16 bits per heavy atom. The Balaban J connectivity index is 1.79. The lowest BCUT2D eigenvalue weighted by molar-refractivity contribution is -0.131. The van der Waals surface area contributed by atoms with Crippen LogP contribution in [0.25, 0.3) is 0 Å². The smallest absolute Gasteiger partial charge is 0.241 e. The molecular weight excluding hydrogens is 510 g/mol. The molecule has 0 aliphatic carbocycles. The van der Waals surface area contributed by atoms with Crippen molar-refractivity contribution >= 4 is 27.5 Å². The Kier molecular flexibility index (Phi) is 10.5. The van der Waals surface area contributed by atoms with Gasteiger partial charge in [0.2, 0.25) is 15.9 Å². The maximum Gasteiger partial charge on any atom is 0.241 e. The predicted molar refractivity (Wildman–Crippen MR) is 145 cm³/mol. The molecule has 0 saturated heterocycles. The molecule has 0 spiro atoms. The minimum Gasteiger partial charge on any atom is -0.493 e. The third-order valence-electron chi connectivity index (χ3n) is 5.52. The molecule has 0 fully saturated rings. The number of ether oxygens (including phenoxy) is 1. The normalized spacial score (nSPS) is 11.1. The summed E-state index contributed by atoms with van der Waals surface area (Å²) in [6.45, 7) is 3.23. The molecule has 0 aliphatic heterocycles. The van der Waals surface area contributed by atoms with Crippen LogP contribution in [0, 0.1) is 12.3 Å². The van der Waals surface area contributed by atoms with Crippen molar-refractivity contribution in [2.24, 2.45) is 0 Å². The highest BCUT2D eigenvalue weighted by atomic mass is 35.5. The monoisotopic (exact) mass is 539 g/mol. The number of carbonyl (C=O) groups excluding carboxylic acids is 1. The second kappa shape index (κ2) is 13.8. The lowest BCUT2D eigenvalue weighted by Crippen LogP contribution is -2.34.